The van der Waals surface area contributed by atoms with Crippen molar-refractivity contribution in [2.75, 3.05) is 18.0 Å². The second kappa shape index (κ2) is 4.53. The molecule has 1 N–H and O–H groups in total. The fourth-order valence-corrected chi connectivity index (χ4v) is 3.02. The summed E-state index contributed by atoms with van der Waals surface area (Å²) >= 11 is 0. The molecule has 0 bridgehead atoms. The molecule has 0 saturated carbocycles. The van der Waals surface area contributed by atoms with E-state index in [2.05, 4.69) is 6.07 Å². The zero-order chi connectivity index (χ0) is 13.6. The van der Waals surface area contributed by atoms with E-state index in [-0.39, 0.29) is 18.2 Å². The Labute approximate surface area is 113 Å². The van der Waals surface area contributed by atoms with Crippen LogP contribution in [0.15, 0.2) is 18.2 Å². The van der Waals surface area contributed by atoms with Gasteiger partial charge in [-0.3, -0.25) is 4.90 Å². The van der Waals surface area contributed by atoms with Crippen molar-refractivity contribution >= 4 is 11.7 Å². The minimum atomic E-state index is -0.328. The van der Waals surface area contributed by atoms with Gasteiger partial charge < -0.3 is 10.0 Å². The van der Waals surface area contributed by atoms with Crippen LogP contribution in [0.25, 0.3) is 0 Å². The van der Waals surface area contributed by atoms with Crippen LogP contribution < -0.4 is 4.90 Å². The first-order valence-electron chi connectivity index (χ1n) is 6.97. The number of aryl methyl sites for hydroxylation is 1. The molecule has 2 aliphatic rings. The molecule has 19 heavy (non-hydrogen) atoms. The topological polar surface area (TPSA) is 43.8 Å². The van der Waals surface area contributed by atoms with Crippen LogP contribution in [0.5, 0.6) is 0 Å². The van der Waals surface area contributed by atoms with Crippen LogP contribution in [0.3, 0.4) is 0 Å². The highest BCUT2D eigenvalue weighted by Gasteiger charge is 2.32. The van der Waals surface area contributed by atoms with Crippen molar-refractivity contribution < 1.29 is 9.90 Å². The van der Waals surface area contributed by atoms with Crippen LogP contribution in [0.2, 0.25) is 0 Å². The first kappa shape index (κ1) is 12.5. The van der Waals surface area contributed by atoms with Gasteiger partial charge >= 0.3 is 6.03 Å². The molecule has 0 aromatic heterocycles. The molecule has 3 rings (SSSR count). The van der Waals surface area contributed by atoms with Crippen LogP contribution >= 0.6 is 0 Å². The average molecular weight is 260 g/mol. The molecule has 0 radical (unpaired) electrons. The van der Waals surface area contributed by atoms with Crippen LogP contribution in [-0.4, -0.2) is 35.2 Å². The summed E-state index contributed by atoms with van der Waals surface area (Å²) in [6, 6.07) is 6.32. The predicted molar refractivity (Wildman–Crippen MR) is 74.3 cm³/mol. The molecule has 4 nitrogen and oxygen atoms in total. The Morgan fingerprint density at radius 3 is 2.79 bits per heavy atom. The van der Waals surface area contributed by atoms with E-state index >= 15 is 0 Å². The van der Waals surface area contributed by atoms with Gasteiger partial charge in [-0.1, -0.05) is 6.07 Å². The first-order chi connectivity index (χ1) is 9.08. The van der Waals surface area contributed by atoms with E-state index < -0.39 is 0 Å². The minimum absolute atomic E-state index is 0.0912. The quantitative estimate of drug-likeness (QED) is 0.887. The SMILES string of the molecule is CC(C)N1CCN(c2ccc3c(c2)CCC3O)C1=O. The van der Waals surface area contributed by atoms with Crippen LogP contribution in [0, 0.1) is 0 Å². The largest absolute Gasteiger partial charge is 0.388 e. The van der Waals surface area contributed by atoms with E-state index in [1.165, 1.54) is 5.56 Å². The van der Waals surface area contributed by atoms with Crippen LogP contribution in [0.1, 0.15) is 37.5 Å². The van der Waals surface area contributed by atoms with Gasteiger partial charge in [-0.15, -0.1) is 0 Å². The third-order valence-corrected chi connectivity index (χ3v) is 4.15. The standard InChI is InChI=1S/C15H20N2O2/c1-10(2)16-7-8-17(15(16)19)12-4-5-13-11(9-12)3-6-14(13)18/h4-5,9-10,14,18H,3,6-8H2,1-2H3. The molecule has 2 amide bonds. The Hall–Kier alpha value is -1.55. The molecule has 1 saturated heterocycles. The maximum Gasteiger partial charge on any atom is 0.324 e. The molecular formula is C15H20N2O2. The van der Waals surface area contributed by atoms with Gasteiger partial charge in [0.1, 0.15) is 0 Å². The number of benzene rings is 1. The lowest BCUT2D eigenvalue weighted by atomic mass is 10.1. The fraction of sp³-hybridized carbons (Fsp3) is 0.533. The van der Waals surface area contributed by atoms with Crippen LogP contribution in [0.4, 0.5) is 10.5 Å². The molecule has 0 spiro atoms. The van der Waals surface area contributed by atoms with Crippen molar-refractivity contribution in [3.05, 3.63) is 29.3 Å². The average Bonchev–Trinajstić information content (AvgIpc) is 2.93. The molecule has 1 heterocycles. The molecule has 1 aromatic rings. The molecule has 1 unspecified atom stereocenters. The highest BCUT2D eigenvalue weighted by Crippen LogP contribution is 2.34. The van der Waals surface area contributed by atoms with Crippen LogP contribution in [-0.2, 0) is 6.42 Å². The normalized spacial score (nSPS) is 22.5. The highest BCUT2D eigenvalue weighted by molar-refractivity contribution is 5.94. The van der Waals surface area contributed by atoms with Crippen molar-refractivity contribution in [1.29, 1.82) is 0 Å². The summed E-state index contributed by atoms with van der Waals surface area (Å²) in [5.41, 5.74) is 3.16. The number of nitrogens with zero attached hydrogens (tertiary/aromatic N) is 2. The maximum absolute atomic E-state index is 12.3. The van der Waals surface area contributed by atoms with Gasteiger partial charge in [0.25, 0.3) is 0 Å². The number of carbonyl (C=O) groups excluding carboxylic acids is 1. The van der Waals surface area contributed by atoms with Gasteiger partial charge in [0.15, 0.2) is 0 Å². The minimum Gasteiger partial charge on any atom is -0.388 e. The van der Waals surface area contributed by atoms with E-state index in [9.17, 15) is 9.90 Å². The van der Waals surface area contributed by atoms with Gasteiger partial charge in [0.05, 0.1) is 6.10 Å². The molecular weight excluding hydrogens is 240 g/mol. The van der Waals surface area contributed by atoms with Crippen molar-refractivity contribution in [1.82, 2.24) is 4.90 Å². The monoisotopic (exact) mass is 260 g/mol. The lowest BCUT2D eigenvalue weighted by Crippen LogP contribution is -2.36. The van der Waals surface area contributed by atoms with E-state index in [4.69, 9.17) is 0 Å². The third-order valence-electron chi connectivity index (χ3n) is 4.15. The van der Waals surface area contributed by atoms with E-state index in [1.54, 1.807) is 0 Å². The van der Waals surface area contributed by atoms with Crippen molar-refractivity contribution in [2.45, 2.75) is 38.8 Å². The summed E-state index contributed by atoms with van der Waals surface area (Å²) < 4.78 is 0. The number of carbonyl (C=O) groups is 1. The zero-order valence-electron chi connectivity index (χ0n) is 11.5. The number of amides is 2. The summed E-state index contributed by atoms with van der Waals surface area (Å²) in [5.74, 6) is 0. The second-order valence-electron chi connectivity index (χ2n) is 5.66. The lowest BCUT2D eigenvalue weighted by Gasteiger charge is -2.22. The number of aliphatic hydroxyl groups is 1. The zero-order valence-corrected chi connectivity index (χ0v) is 11.5. The first-order valence-corrected chi connectivity index (χ1v) is 6.97. The lowest BCUT2D eigenvalue weighted by molar-refractivity contribution is 0.180. The molecule has 4 heteroatoms. The summed E-state index contributed by atoms with van der Waals surface area (Å²) in [7, 11) is 0. The fourth-order valence-electron chi connectivity index (χ4n) is 3.02. The third kappa shape index (κ3) is 2.00. The van der Waals surface area contributed by atoms with E-state index in [0.29, 0.717) is 0 Å². The summed E-state index contributed by atoms with van der Waals surface area (Å²) in [4.78, 5) is 16.0. The number of hydrogen-bond acceptors (Lipinski definition) is 2. The Balaban J connectivity index is 1.86. The summed E-state index contributed by atoms with van der Waals surface area (Å²) in [5, 5.41) is 9.82. The Kier molecular flexibility index (Phi) is 2.97. The number of aliphatic hydroxyl groups excluding tert-OH is 1. The number of anilines is 1. The summed E-state index contributed by atoms with van der Waals surface area (Å²) in [6.45, 7) is 5.62. The summed E-state index contributed by atoms with van der Waals surface area (Å²) in [6.07, 6.45) is 1.37. The van der Waals surface area contributed by atoms with Crippen molar-refractivity contribution in [2.24, 2.45) is 0 Å². The molecule has 1 aliphatic carbocycles. The molecule has 1 atom stereocenters. The number of fused-ring (bicyclic) bond motifs is 1. The molecule has 1 aliphatic heterocycles. The maximum atomic E-state index is 12.3. The van der Waals surface area contributed by atoms with Crippen molar-refractivity contribution in [3.63, 3.8) is 0 Å². The number of urea groups is 1. The van der Waals surface area contributed by atoms with E-state index in [1.807, 2.05) is 35.8 Å². The highest BCUT2D eigenvalue weighted by atomic mass is 16.3. The Morgan fingerprint density at radius 2 is 2.11 bits per heavy atom. The van der Waals surface area contributed by atoms with E-state index in [0.717, 1.165) is 37.2 Å². The van der Waals surface area contributed by atoms with Crippen molar-refractivity contribution in [3.8, 4) is 0 Å². The Morgan fingerprint density at radius 1 is 1.32 bits per heavy atom. The number of hydrogen-bond donors (Lipinski definition) is 1. The predicted octanol–water partition coefficient (Wildman–Crippen LogP) is 2.32. The number of rotatable bonds is 2. The second-order valence-corrected chi connectivity index (χ2v) is 5.66. The molecule has 102 valence electrons. The molecule has 1 fully saturated rings. The smallest absolute Gasteiger partial charge is 0.324 e. The Bertz CT molecular complexity index is 513. The van der Waals surface area contributed by atoms with Gasteiger partial charge in [-0.2, -0.15) is 0 Å². The van der Waals surface area contributed by atoms with Gasteiger partial charge in [-0.05, 0) is 49.9 Å². The van der Waals surface area contributed by atoms with Gasteiger partial charge in [0.2, 0.25) is 0 Å². The van der Waals surface area contributed by atoms with Gasteiger partial charge in [-0.25, -0.2) is 4.79 Å². The van der Waals surface area contributed by atoms with Gasteiger partial charge in [0, 0.05) is 24.8 Å². The molecule has 1 aromatic carbocycles.